The molecule has 0 saturated carbocycles. The number of anilines is 1. The molecule has 1 unspecified atom stereocenters. The number of nitrogens with two attached hydrogens (primary N) is 1. The van der Waals surface area contributed by atoms with E-state index in [1.165, 1.54) is 7.11 Å². The van der Waals surface area contributed by atoms with E-state index >= 15 is 0 Å². The summed E-state index contributed by atoms with van der Waals surface area (Å²) in [6.45, 7) is 1.57. The molecule has 1 aliphatic heterocycles. The first-order chi connectivity index (χ1) is 9.60. The van der Waals surface area contributed by atoms with E-state index in [9.17, 15) is 9.18 Å². The maximum Gasteiger partial charge on any atom is 0.255 e. The number of amides is 1. The molecule has 0 spiro atoms. The SMILES string of the molecule is COc1nc(N2CCCC(CCC(N)=O)C2)ncc1F. The summed E-state index contributed by atoms with van der Waals surface area (Å²) in [4.78, 5) is 20.9. The Kier molecular flexibility index (Phi) is 4.70. The molecule has 1 aromatic rings. The lowest BCUT2D eigenvalue weighted by molar-refractivity contribution is -0.118. The van der Waals surface area contributed by atoms with E-state index in [4.69, 9.17) is 10.5 Å². The van der Waals surface area contributed by atoms with Gasteiger partial charge in [0.1, 0.15) is 0 Å². The average Bonchev–Trinajstić information content (AvgIpc) is 2.46. The molecular formula is C13H19FN4O2. The lowest BCUT2D eigenvalue weighted by Gasteiger charge is -2.32. The van der Waals surface area contributed by atoms with Gasteiger partial charge in [0.15, 0.2) is 0 Å². The smallest absolute Gasteiger partial charge is 0.255 e. The summed E-state index contributed by atoms with van der Waals surface area (Å²) in [6.07, 6.45) is 4.33. The number of primary amides is 1. The highest BCUT2D eigenvalue weighted by molar-refractivity contribution is 5.73. The van der Waals surface area contributed by atoms with E-state index in [1.54, 1.807) is 0 Å². The molecule has 2 N–H and O–H groups in total. The summed E-state index contributed by atoms with van der Waals surface area (Å²) >= 11 is 0. The minimum atomic E-state index is -0.571. The van der Waals surface area contributed by atoms with Gasteiger partial charge in [0, 0.05) is 19.5 Å². The van der Waals surface area contributed by atoms with Crippen molar-refractivity contribution in [3.63, 3.8) is 0 Å². The van der Waals surface area contributed by atoms with Gasteiger partial charge in [-0.2, -0.15) is 9.37 Å². The van der Waals surface area contributed by atoms with Gasteiger partial charge >= 0.3 is 0 Å². The maximum atomic E-state index is 13.3. The highest BCUT2D eigenvalue weighted by atomic mass is 19.1. The van der Waals surface area contributed by atoms with E-state index in [-0.39, 0.29) is 11.8 Å². The highest BCUT2D eigenvalue weighted by Crippen LogP contribution is 2.25. The molecule has 110 valence electrons. The number of piperidine rings is 1. The number of aromatic nitrogens is 2. The zero-order chi connectivity index (χ0) is 14.5. The van der Waals surface area contributed by atoms with Crippen LogP contribution in [0.25, 0.3) is 0 Å². The second-order valence-corrected chi connectivity index (χ2v) is 4.99. The van der Waals surface area contributed by atoms with Gasteiger partial charge in [-0.05, 0) is 25.2 Å². The Hall–Kier alpha value is -1.92. The number of carbonyl (C=O) groups is 1. The quantitative estimate of drug-likeness (QED) is 0.874. The third kappa shape index (κ3) is 3.55. The van der Waals surface area contributed by atoms with Crippen LogP contribution in [0.5, 0.6) is 5.88 Å². The third-order valence-electron chi connectivity index (χ3n) is 3.49. The Labute approximate surface area is 117 Å². The molecule has 0 aromatic carbocycles. The first-order valence-electron chi connectivity index (χ1n) is 6.70. The summed E-state index contributed by atoms with van der Waals surface area (Å²) in [7, 11) is 1.38. The summed E-state index contributed by atoms with van der Waals surface area (Å²) in [6, 6.07) is 0. The Morgan fingerprint density at radius 2 is 2.45 bits per heavy atom. The van der Waals surface area contributed by atoms with Crippen molar-refractivity contribution < 1.29 is 13.9 Å². The standard InChI is InChI=1S/C13H19FN4O2/c1-20-12-10(14)7-16-13(17-12)18-6-2-3-9(8-18)4-5-11(15)19/h7,9H,2-6,8H2,1H3,(H2,15,19). The van der Waals surface area contributed by atoms with Gasteiger partial charge in [0.2, 0.25) is 17.7 Å². The highest BCUT2D eigenvalue weighted by Gasteiger charge is 2.23. The number of nitrogens with zero attached hydrogens (tertiary/aromatic N) is 3. The fraction of sp³-hybridized carbons (Fsp3) is 0.615. The van der Waals surface area contributed by atoms with Crippen LogP contribution in [0.15, 0.2) is 6.20 Å². The van der Waals surface area contributed by atoms with Gasteiger partial charge in [0.05, 0.1) is 13.3 Å². The Morgan fingerprint density at radius 3 is 3.15 bits per heavy atom. The maximum absolute atomic E-state index is 13.3. The molecule has 1 aliphatic rings. The van der Waals surface area contributed by atoms with E-state index in [1.807, 2.05) is 4.90 Å². The van der Waals surface area contributed by atoms with E-state index in [2.05, 4.69) is 9.97 Å². The second kappa shape index (κ2) is 6.49. The van der Waals surface area contributed by atoms with Crippen LogP contribution in [-0.4, -0.2) is 36.1 Å². The molecule has 1 aromatic heterocycles. The molecule has 20 heavy (non-hydrogen) atoms. The number of methoxy groups -OCH3 is 1. The number of hydrogen-bond acceptors (Lipinski definition) is 5. The number of rotatable bonds is 5. The molecule has 1 atom stereocenters. The molecular weight excluding hydrogens is 263 g/mol. The van der Waals surface area contributed by atoms with Crippen LogP contribution in [-0.2, 0) is 4.79 Å². The largest absolute Gasteiger partial charge is 0.479 e. The molecule has 1 fully saturated rings. The summed E-state index contributed by atoms with van der Waals surface area (Å²) < 4.78 is 18.2. The van der Waals surface area contributed by atoms with Gasteiger partial charge in [-0.3, -0.25) is 4.79 Å². The molecule has 1 saturated heterocycles. The van der Waals surface area contributed by atoms with Crippen LogP contribution in [0.2, 0.25) is 0 Å². The molecule has 2 rings (SSSR count). The fourth-order valence-corrected chi connectivity index (χ4v) is 2.47. The number of halogens is 1. The molecule has 2 heterocycles. The van der Waals surface area contributed by atoms with E-state index in [0.717, 1.165) is 38.5 Å². The predicted molar refractivity (Wildman–Crippen MR) is 71.9 cm³/mol. The van der Waals surface area contributed by atoms with Crippen molar-refractivity contribution in [2.24, 2.45) is 11.7 Å². The summed E-state index contributed by atoms with van der Waals surface area (Å²) in [5, 5.41) is 0. The van der Waals surface area contributed by atoms with Gasteiger partial charge in [0.25, 0.3) is 5.88 Å². The molecule has 0 radical (unpaired) electrons. The fourth-order valence-electron chi connectivity index (χ4n) is 2.47. The van der Waals surface area contributed by atoms with Gasteiger partial charge < -0.3 is 15.4 Å². The number of ether oxygens (including phenoxy) is 1. The molecule has 6 nitrogen and oxygen atoms in total. The first kappa shape index (κ1) is 14.5. The van der Waals surface area contributed by atoms with Crippen molar-refractivity contribution in [3.05, 3.63) is 12.0 Å². The van der Waals surface area contributed by atoms with Crippen molar-refractivity contribution in [1.29, 1.82) is 0 Å². The van der Waals surface area contributed by atoms with E-state index < -0.39 is 5.82 Å². The summed E-state index contributed by atoms with van der Waals surface area (Å²) in [5.41, 5.74) is 5.17. The van der Waals surface area contributed by atoms with E-state index in [0.29, 0.717) is 18.3 Å². The van der Waals surface area contributed by atoms with Crippen LogP contribution >= 0.6 is 0 Å². The molecule has 0 aliphatic carbocycles. The van der Waals surface area contributed by atoms with Gasteiger partial charge in [-0.15, -0.1) is 0 Å². The van der Waals surface area contributed by atoms with Gasteiger partial charge in [-0.1, -0.05) is 0 Å². The van der Waals surface area contributed by atoms with Crippen LogP contribution in [0.4, 0.5) is 10.3 Å². The Morgan fingerprint density at radius 1 is 1.65 bits per heavy atom. The minimum Gasteiger partial charge on any atom is -0.479 e. The number of hydrogen-bond donors (Lipinski definition) is 1. The van der Waals surface area contributed by atoms with Crippen LogP contribution in [0.3, 0.4) is 0 Å². The van der Waals surface area contributed by atoms with Crippen molar-refractivity contribution in [2.45, 2.75) is 25.7 Å². The topological polar surface area (TPSA) is 81.3 Å². The Bertz CT molecular complexity index is 483. The van der Waals surface area contributed by atoms with Crippen molar-refractivity contribution in [2.75, 3.05) is 25.1 Å². The van der Waals surface area contributed by atoms with Crippen molar-refractivity contribution in [3.8, 4) is 5.88 Å². The molecule has 7 heteroatoms. The lowest BCUT2D eigenvalue weighted by atomic mass is 9.93. The second-order valence-electron chi connectivity index (χ2n) is 4.99. The zero-order valence-corrected chi connectivity index (χ0v) is 11.5. The lowest BCUT2D eigenvalue weighted by Crippen LogP contribution is -2.37. The zero-order valence-electron chi connectivity index (χ0n) is 11.5. The molecule has 0 bridgehead atoms. The normalized spacial score (nSPS) is 18.9. The van der Waals surface area contributed by atoms with Crippen LogP contribution < -0.4 is 15.4 Å². The summed E-state index contributed by atoms with van der Waals surface area (Å²) in [5.74, 6) is -0.0439. The van der Waals surface area contributed by atoms with Gasteiger partial charge in [-0.25, -0.2) is 4.98 Å². The third-order valence-corrected chi connectivity index (χ3v) is 3.49. The average molecular weight is 282 g/mol. The van der Waals surface area contributed by atoms with Crippen LogP contribution in [0, 0.1) is 11.7 Å². The van der Waals surface area contributed by atoms with Crippen molar-refractivity contribution >= 4 is 11.9 Å². The first-order valence-corrected chi connectivity index (χ1v) is 6.70. The van der Waals surface area contributed by atoms with Crippen LogP contribution in [0.1, 0.15) is 25.7 Å². The minimum absolute atomic E-state index is 0.0470. The Balaban J connectivity index is 2.03. The monoisotopic (exact) mass is 282 g/mol. The van der Waals surface area contributed by atoms with Crippen molar-refractivity contribution in [1.82, 2.24) is 9.97 Å². The molecule has 1 amide bonds. The number of carbonyl (C=O) groups excluding carboxylic acids is 1. The predicted octanol–water partition coefficient (Wildman–Crippen LogP) is 1.11.